The van der Waals surface area contributed by atoms with E-state index >= 15 is 0 Å². The van der Waals surface area contributed by atoms with E-state index in [0.717, 1.165) is 20.8 Å². The highest BCUT2D eigenvalue weighted by atomic mass is 32.2. The van der Waals surface area contributed by atoms with Gasteiger partial charge in [-0.15, -0.1) is 11.3 Å². The predicted molar refractivity (Wildman–Crippen MR) is 125 cm³/mol. The zero-order valence-corrected chi connectivity index (χ0v) is 19.4. The first-order chi connectivity index (χ1) is 14.8. The number of nitrogens with one attached hydrogen (secondary N) is 1. The number of hydrogen-bond acceptors (Lipinski definition) is 5. The molecule has 0 bridgehead atoms. The number of rotatable bonds is 6. The van der Waals surface area contributed by atoms with Crippen LogP contribution in [0.5, 0.6) is 0 Å². The molecule has 0 radical (unpaired) electrons. The highest BCUT2D eigenvalue weighted by Crippen LogP contribution is 2.32. The van der Waals surface area contributed by atoms with E-state index in [9.17, 15) is 13.2 Å². The number of piperidine rings is 1. The lowest BCUT2D eigenvalue weighted by molar-refractivity contribution is -0.127. The van der Waals surface area contributed by atoms with Gasteiger partial charge in [0, 0.05) is 25.6 Å². The van der Waals surface area contributed by atoms with Crippen LogP contribution in [0, 0.1) is 0 Å². The lowest BCUT2D eigenvalue weighted by atomic mass is 9.78. The molecule has 1 aliphatic rings. The van der Waals surface area contributed by atoms with Crippen molar-refractivity contribution in [2.75, 3.05) is 19.3 Å². The number of sulfonamides is 1. The summed E-state index contributed by atoms with van der Waals surface area (Å²) in [5, 5.41) is 4.13. The van der Waals surface area contributed by atoms with E-state index in [4.69, 9.17) is 4.98 Å². The molecule has 1 saturated heterocycles. The van der Waals surface area contributed by atoms with E-state index < -0.39 is 15.4 Å². The minimum absolute atomic E-state index is 0.0381. The van der Waals surface area contributed by atoms with Gasteiger partial charge in [-0.1, -0.05) is 42.5 Å². The van der Waals surface area contributed by atoms with Gasteiger partial charge in [0.2, 0.25) is 15.9 Å². The zero-order chi connectivity index (χ0) is 22.1. The fourth-order valence-corrected chi connectivity index (χ4v) is 6.09. The van der Waals surface area contributed by atoms with Crippen molar-refractivity contribution in [3.8, 4) is 0 Å². The van der Waals surface area contributed by atoms with Crippen LogP contribution < -0.4 is 5.32 Å². The van der Waals surface area contributed by atoms with Gasteiger partial charge in [-0.05, 0) is 37.5 Å². The SMILES string of the molecule is CC(Cc1nc2ccccc2s1)(C(=O)NC1CCN(S(C)(=O)=O)CC1)c1ccccc1. The molecule has 1 aliphatic heterocycles. The Morgan fingerprint density at radius 1 is 1.13 bits per heavy atom. The molecule has 1 N–H and O–H groups in total. The fraction of sp³-hybridized carbons (Fsp3) is 0.391. The second-order valence-corrected chi connectivity index (χ2v) is 11.5. The van der Waals surface area contributed by atoms with Crippen LogP contribution in [-0.4, -0.2) is 49.0 Å². The van der Waals surface area contributed by atoms with Gasteiger partial charge in [-0.2, -0.15) is 0 Å². The monoisotopic (exact) mass is 457 g/mol. The third-order valence-corrected chi connectivity index (χ3v) is 8.35. The number of nitrogens with zero attached hydrogens (tertiary/aromatic N) is 2. The first-order valence-electron chi connectivity index (χ1n) is 10.4. The molecule has 4 rings (SSSR count). The fourth-order valence-electron chi connectivity index (χ4n) is 4.09. The number of carbonyl (C=O) groups excluding carboxylic acids is 1. The Morgan fingerprint density at radius 3 is 2.42 bits per heavy atom. The molecule has 8 heteroatoms. The maximum Gasteiger partial charge on any atom is 0.231 e. The summed E-state index contributed by atoms with van der Waals surface area (Å²) < 4.78 is 26.1. The summed E-state index contributed by atoms with van der Waals surface area (Å²) in [5.41, 5.74) is 1.12. The molecule has 164 valence electrons. The van der Waals surface area contributed by atoms with Crippen molar-refractivity contribution in [2.45, 2.75) is 37.6 Å². The Balaban J connectivity index is 1.55. The van der Waals surface area contributed by atoms with Crippen molar-refractivity contribution < 1.29 is 13.2 Å². The van der Waals surface area contributed by atoms with Crippen molar-refractivity contribution in [3.63, 3.8) is 0 Å². The van der Waals surface area contributed by atoms with Crippen LogP contribution in [-0.2, 0) is 26.7 Å². The normalized spacial score (nSPS) is 18.0. The number of thiazole rings is 1. The van der Waals surface area contributed by atoms with Crippen LogP contribution >= 0.6 is 11.3 Å². The molecule has 6 nitrogen and oxygen atoms in total. The Bertz CT molecular complexity index is 1140. The maximum absolute atomic E-state index is 13.6. The second-order valence-electron chi connectivity index (χ2n) is 8.36. The first kappa shape index (κ1) is 21.9. The molecule has 1 aromatic heterocycles. The Labute approximate surface area is 187 Å². The number of carbonyl (C=O) groups is 1. The van der Waals surface area contributed by atoms with Gasteiger partial charge in [0.05, 0.1) is 26.9 Å². The summed E-state index contributed by atoms with van der Waals surface area (Å²) >= 11 is 1.62. The van der Waals surface area contributed by atoms with Crippen molar-refractivity contribution in [1.29, 1.82) is 0 Å². The lowest BCUT2D eigenvalue weighted by Gasteiger charge is -2.34. The van der Waals surface area contributed by atoms with Crippen molar-refractivity contribution in [2.24, 2.45) is 0 Å². The van der Waals surface area contributed by atoms with Crippen molar-refractivity contribution in [1.82, 2.24) is 14.6 Å². The summed E-state index contributed by atoms with van der Waals surface area (Å²) in [6.45, 7) is 2.84. The van der Waals surface area contributed by atoms with E-state index in [0.29, 0.717) is 32.4 Å². The molecule has 31 heavy (non-hydrogen) atoms. The van der Waals surface area contributed by atoms with E-state index in [1.54, 1.807) is 11.3 Å². The summed E-state index contributed by atoms with van der Waals surface area (Å²) in [6, 6.07) is 17.8. The molecule has 2 aromatic carbocycles. The van der Waals surface area contributed by atoms with Crippen LogP contribution in [0.4, 0.5) is 0 Å². The number of hydrogen-bond donors (Lipinski definition) is 1. The number of fused-ring (bicyclic) bond motifs is 1. The Morgan fingerprint density at radius 2 is 1.77 bits per heavy atom. The second kappa shape index (κ2) is 8.68. The lowest BCUT2D eigenvalue weighted by Crippen LogP contribution is -2.51. The van der Waals surface area contributed by atoms with Crippen molar-refractivity contribution >= 4 is 37.5 Å². The molecule has 0 aliphatic carbocycles. The smallest absolute Gasteiger partial charge is 0.231 e. The van der Waals surface area contributed by atoms with Gasteiger partial charge in [-0.3, -0.25) is 4.79 Å². The third kappa shape index (κ3) is 4.81. The first-order valence-corrected chi connectivity index (χ1v) is 13.1. The zero-order valence-electron chi connectivity index (χ0n) is 17.7. The Hall–Kier alpha value is -2.29. The maximum atomic E-state index is 13.6. The number of amides is 1. The molecule has 1 fully saturated rings. The van der Waals surface area contributed by atoms with Crippen LogP contribution in [0.3, 0.4) is 0 Å². The Kier molecular flexibility index (Phi) is 6.14. The van der Waals surface area contributed by atoms with Gasteiger partial charge in [0.15, 0.2) is 0 Å². The summed E-state index contributed by atoms with van der Waals surface area (Å²) in [5.74, 6) is -0.0456. The number of benzene rings is 2. The summed E-state index contributed by atoms with van der Waals surface area (Å²) in [6.07, 6.45) is 2.97. The van der Waals surface area contributed by atoms with E-state index in [1.807, 2.05) is 61.5 Å². The van der Waals surface area contributed by atoms with Gasteiger partial charge in [0.1, 0.15) is 0 Å². The van der Waals surface area contributed by atoms with Gasteiger partial charge in [0.25, 0.3) is 0 Å². The van der Waals surface area contributed by atoms with Crippen LogP contribution in [0.15, 0.2) is 54.6 Å². The molecule has 0 spiro atoms. The van der Waals surface area contributed by atoms with E-state index in [-0.39, 0.29) is 11.9 Å². The van der Waals surface area contributed by atoms with Gasteiger partial charge < -0.3 is 5.32 Å². The minimum atomic E-state index is -3.19. The minimum Gasteiger partial charge on any atom is -0.352 e. The average Bonchev–Trinajstić information content (AvgIpc) is 3.16. The summed E-state index contributed by atoms with van der Waals surface area (Å²) in [4.78, 5) is 18.3. The molecule has 2 heterocycles. The molecular weight excluding hydrogens is 430 g/mol. The van der Waals surface area contributed by atoms with Crippen LogP contribution in [0.1, 0.15) is 30.3 Å². The molecule has 1 atom stereocenters. The van der Waals surface area contributed by atoms with Crippen LogP contribution in [0.2, 0.25) is 0 Å². The third-order valence-electron chi connectivity index (χ3n) is 6.01. The van der Waals surface area contributed by atoms with Crippen LogP contribution in [0.25, 0.3) is 10.2 Å². The van der Waals surface area contributed by atoms with Gasteiger partial charge >= 0.3 is 0 Å². The largest absolute Gasteiger partial charge is 0.352 e. The van der Waals surface area contributed by atoms with Gasteiger partial charge in [-0.25, -0.2) is 17.7 Å². The number of aromatic nitrogens is 1. The standard InChI is InChI=1S/C23H27N3O3S2/c1-23(17-8-4-3-5-9-17,16-21-25-19-10-6-7-11-20(19)30-21)22(27)24-18-12-14-26(15-13-18)31(2,28)29/h3-11,18H,12-16H2,1-2H3,(H,24,27). The molecule has 0 saturated carbocycles. The quantitative estimate of drug-likeness (QED) is 0.616. The van der Waals surface area contributed by atoms with E-state index in [2.05, 4.69) is 5.32 Å². The average molecular weight is 458 g/mol. The molecule has 1 unspecified atom stereocenters. The van der Waals surface area contributed by atoms with E-state index in [1.165, 1.54) is 10.6 Å². The summed E-state index contributed by atoms with van der Waals surface area (Å²) in [7, 11) is -3.19. The highest BCUT2D eigenvalue weighted by Gasteiger charge is 2.38. The molecular formula is C23H27N3O3S2. The number of para-hydroxylation sites is 1. The highest BCUT2D eigenvalue weighted by molar-refractivity contribution is 7.88. The molecule has 3 aromatic rings. The topological polar surface area (TPSA) is 79.4 Å². The molecule has 1 amide bonds. The van der Waals surface area contributed by atoms with Crippen molar-refractivity contribution in [3.05, 3.63) is 65.2 Å². The predicted octanol–water partition coefficient (Wildman–Crippen LogP) is 3.34.